The number of aromatic nitrogens is 1. The van der Waals surface area contributed by atoms with E-state index >= 15 is 0 Å². The average Bonchev–Trinajstić information content (AvgIpc) is 2.68. The molecule has 0 bridgehead atoms. The van der Waals surface area contributed by atoms with Gasteiger partial charge in [-0.1, -0.05) is 39.0 Å². The van der Waals surface area contributed by atoms with E-state index in [1.54, 1.807) is 0 Å². The number of carbonyl (C=O) groups is 3. The molecule has 0 saturated heterocycles. The number of aryl methyl sites for hydroxylation is 1. The van der Waals surface area contributed by atoms with Crippen LogP contribution in [0.4, 0.5) is 4.79 Å². The van der Waals surface area contributed by atoms with Crippen molar-refractivity contribution in [3.63, 3.8) is 0 Å². The Morgan fingerprint density at radius 1 is 1.21 bits per heavy atom. The number of para-hydroxylation sites is 1. The summed E-state index contributed by atoms with van der Waals surface area (Å²) in [7, 11) is 1.40. The third kappa shape index (κ3) is 4.55. The van der Waals surface area contributed by atoms with Crippen molar-refractivity contribution in [2.24, 2.45) is 11.3 Å². The Hall–Kier alpha value is -2.96. The van der Waals surface area contributed by atoms with Crippen LogP contribution in [0.2, 0.25) is 0 Å². The van der Waals surface area contributed by atoms with Gasteiger partial charge in [0, 0.05) is 18.1 Å². The Labute approximate surface area is 170 Å². The smallest absolute Gasteiger partial charge is 0.339 e. The lowest BCUT2D eigenvalue weighted by Gasteiger charge is -2.35. The number of urea groups is 1. The first-order chi connectivity index (χ1) is 13.7. The molecule has 3 rings (SSSR count). The third-order valence-electron chi connectivity index (χ3n) is 5.50. The second-order valence-corrected chi connectivity index (χ2v) is 8.44. The fourth-order valence-corrected chi connectivity index (χ4v) is 3.79. The number of esters is 1. The fourth-order valence-electron chi connectivity index (χ4n) is 3.79. The molecule has 0 saturated carbocycles. The van der Waals surface area contributed by atoms with E-state index in [0.29, 0.717) is 11.5 Å². The monoisotopic (exact) mass is 397 g/mol. The highest BCUT2D eigenvalue weighted by Gasteiger charge is 2.33. The van der Waals surface area contributed by atoms with Gasteiger partial charge in [0.15, 0.2) is 6.61 Å². The zero-order valence-corrected chi connectivity index (χ0v) is 17.3. The number of nitrogens with zero attached hydrogens (tertiary/aromatic N) is 1. The van der Waals surface area contributed by atoms with Crippen molar-refractivity contribution in [2.45, 2.75) is 40.0 Å². The zero-order valence-electron chi connectivity index (χ0n) is 17.3. The lowest BCUT2D eigenvalue weighted by molar-refractivity contribution is -0.123. The number of fused-ring (bicyclic) bond motifs is 2. The van der Waals surface area contributed by atoms with Crippen LogP contribution in [-0.4, -0.2) is 36.5 Å². The molecule has 2 aromatic rings. The maximum Gasteiger partial charge on any atom is 0.339 e. The van der Waals surface area contributed by atoms with Crippen molar-refractivity contribution in [2.75, 3.05) is 13.7 Å². The maximum absolute atomic E-state index is 13.0. The predicted octanol–water partition coefficient (Wildman–Crippen LogP) is 3.00. The van der Waals surface area contributed by atoms with Crippen LogP contribution < -0.4 is 10.6 Å². The predicted molar refractivity (Wildman–Crippen MR) is 110 cm³/mol. The Kier molecular flexibility index (Phi) is 5.86. The summed E-state index contributed by atoms with van der Waals surface area (Å²) in [6.45, 7) is 6.09. The summed E-state index contributed by atoms with van der Waals surface area (Å²) >= 11 is 0. The quantitative estimate of drug-likeness (QED) is 0.776. The van der Waals surface area contributed by atoms with E-state index < -0.39 is 24.5 Å². The van der Waals surface area contributed by atoms with E-state index in [4.69, 9.17) is 9.72 Å². The first-order valence-electron chi connectivity index (χ1n) is 9.80. The van der Waals surface area contributed by atoms with Crippen LogP contribution in [0, 0.1) is 11.3 Å². The van der Waals surface area contributed by atoms with Gasteiger partial charge in [0.05, 0.1) is 11.1 Å². The number of nitrogens with one attached hydrogen (secondary N) is 2. The summed E-state index contributed by atoms with van der Waals surface area (Å²) in [6.07, 6.45) is 2.57. The van der Waals surface area contributed by atoms with Gasteiger partial charge in [-0.15, -0.1) is 0 Å². The molecule has 1 heterocycles. The number of hydrogen-bond acceptors (Lipinski definition) is 5. The van der Waals surface area contributed by atoms with Crippen molar-refractivity contribution in [3.8, 4) is 0 Å². The van der Waals surface area contributed by atoms with E-state index in [1.165, 1.54) is 7.05 Å². The second-order valence-electron chi connectivity index (χ2n) is 8.44. The number of pyridine rings is 1. The molecule has 2 N–H and O–H groups in total. The second kappa shape index (κ2) is 8.19. The Morgan fingerprint density at radius 2 is 1.93 bits per heavy atom. The highest BCUT2D eigenvalue weighted by Crippen LogP contribution is 2.39. The SMILES string of the molecule is CNC(=O)NC(=O)COC(=O)c1c2c(nc3ccccc13)CC[C@@H](C(C)(C)C)C2. The van der Waals surface area contributed by atoms with E-state index in [1.807, 2.05) is 24.3 Å². The summed E-state index contributed by atoms with van der Waals surface area (Å²) in [5.41, 5.74) is 3.16. The molecule has 7 nitrogen and oxygen atoms in total. The van der Waals surface area contributed by atoms with Crippen LogP contribution in [0.3, 0.4) is 0 Å². The van der Waals surface area contributed by atoms with Crippen molar-refractivity contribution >= 4 is 28.8 Å². The summed E-state index contributed by atoms with van der Waals surface area (Å²) in [5, 5.41) is 5.08. The van der Waals surface area contributed by atoms with Crippen molar-refractivity contribution < 1.29 is 19.1 Å². The zero-order chi connectivity index (χ0) is 21.2. The van der Waals surface area contributed by atoms with Gasteiger partial charge in [-0.25, -0.2) is 9.59 Å². The molecule has 0 aliphatic heterocycles. The van der Waals surface area contributed by atoms with E-state index in [2.05, 4.69) is 31.4 Å². The molecular weight excluding hydrogens is 370 g/mol. The fraction of sp³-hybridized carbons (Fsp3) is 0.455. The molecular formula is C22H27N3O4. The van der Waals surface area contributed by atoms with Gasteiger partial charge < -0.3 is 10.1 Å². The Balaban J connectivity index is 1.94. The Bertz CT molecular complexity index is 962. The first-order valence-corrected chi connectivity index (χ1v) is 9.80. The molecule has 1 atom stereocenters. The first kappa shape index (κ1) is 20.8. The van der Waals surface area contributed by atoms with Crippen LogP contribution in [0.25, 0.3) is 10.9 Å². The topological polar surface area (TPSA) is 97.4 Å². The molecule has 154 valence electrons. The van der Waals surface area contributed by atoms with Gasteiger partial charge in [-0.2, -0.15) is 0 Å². The molecule has 7 heteroatoms. The maximum atomic E-state index is 13.0. The van der Waals surface area contributed by atoms with E-state index in [0.717, 1.165) is 41.4 Å². The number of carbonyl (C=O) groups excluding carboxylic acids is 3. The molecule has 29 heavy (non-hydrogen) atoms. The molecule has 0 unspecified atom stereocenters. The Morgan fingerprint density at radius 3 is 2.62 bits per heavy atom. The highest BCUT2D eigenvalue weighted by molar-refractivity contribution is 6.06. The number of rotatable bonds is 3. The van der Waals surface area contributed by atoms with Crippen LogP contribution in [0.1, 0.15) is 48.8 Å². The van der Waals surface area contributed by atoms with Crippen LogP contribution in [0.15, 0.2) is 24.3 Å². The number of amides is 3. The molecule has 1 aromatic carbocycles. The molecule has 1 aliphatic rings. The summed E-state index contributed by atoms with van der Waals surface area (Å²) < 4.78 is 5.27. The largest absolute Gasteiger partial charge is 0.452 e. The van der Waals surface area contributed by atoms with Crippen molar-refractivity contribution in [1.29, 1.82) is 0 Å². The van der Waals surface area contributed by atoms with E-state index in [-0.39, 0.29) is 5.41 Å². The minimum Gasteiger partial charge on any atom is -0.452 e. The van der Waals surface area contributed by atoms with Crippen molar-refractivity contribution in [3.05, 3.63) is 41.1 Å². The van der Waals surface area contributed by atoms with Gasteiger partial charge in [0.1, 0.15) is 0 Å². The highest BCUT2D eigenvalue weighted by atomic mass is 16.5. The van der Waals surface area contributed by atoms with Crippen LogP contribution >= 0.6 is 0 Å². The third-order valence-corrected chi connectivity index (χ3v) is 5.50. The van der Waals surface area contributed by atoms with Gasteiger partial charge in [0.2, 0.25) is 0 Å². The lowest BCUT2D eigenvalue weighted by Crippen LogP contribution is -2.39. The van der Waals surface area contributed by atoms with Gasteiger partial charge in [-0.3, -0.25) is 15.1 Å². The molecule has 0 radical (unpaired) electrons. The average molecular weight is 397 g/mol. The number of benzene rings is 1. The number of hydrogen-bond donors (Lipinski definition) is 2. The molecule has 0 fully saturated rings. The summed E-state index contributed by atoms with van der Waals surface area (Å²) in [5.74, 6) is -0.833. The van der Waals surface area contributed by atoms with Gasteiger partial charge >= 0.3 is 12.0 Å². The molecule has 1 aromatic heterocycles. The standard InChI is InChI=1S/C22H27N3O4/c1-22(2,3)13-9-10-17-15(11-13)19(14-7-5-6-8-16(14)24-17)20(27)29-12-18(26)25-21(28)23-4/h5-8,13H,9-12H2,1-4H3,(H2,23,25,26,28)/t13-/m1/s1. The van der Waals surface area contributed by atoms with Crippen LogP contribution in [-0.2, 0) is 22.4 Å². The number of ether oxygens (including phenoxy) is 1. The molecule has 3 amide bonds. The number of imide groups is 1. The minimum absolute atomic E-state index is 0.109. The normalized spacial score (nSPS) is 16.1. The lowest BCUT2D eigenvalue weighted by atomic mass is 9.70. The molecule has 1 aliphatic carbocycles. The van der Waals surface area contributed by atoms with Crippen molar-refractivity contribution in [1.82, 2.24) is 15.6 Å². The molecule has 0 spiro atoms. The van der Waals surface area contributed by atoms with E-state index in [9.17, 15) is 14.4 Å². The summed E-state index contributed by atoms with van der Waals surface area (Å²) in [6, 6.07) is 6.82. The van der Waals surface area contributed by atoms with Gasteiger partial charge in [0.25, 0.3) is 5.91 Å². The van der Waals surface area contributed by atoms with Crippen LogP contribution in [0.5, 0.6) is 0 Å². The summed E-state index contributed by atoms with van der Waals surface area (Å²) in [4.78, 5) is 40.9. The van der Waals surface area contributed by atoms with Gasteiger partial charge in [-0.05, 0) is 42.2 Å². The minimum atomic E-state index is -0.683.